The van der Waals surface area contributed by atoms with Crippen molar-refractivity contribution in [1.82, 2.24) is 10.3 Å². The molecule has 0 aromatic carbocycles. The monoisotopic (exact) mass is 273 g/mol. The van der Waals surface area contributed by atoms with E-state index in [0.717, 1.165) is 36.8 Å². The van der Waals surface area contributed by atoms with Crippen molar-refractivity contribution in [2.75, 3.05) is 18.5 Å². The number of anilines is 1. The third-order valence-corrected chi connectivity index (χ3v) is 3.26. The van der Waals surface area contributed by atoms with Gasteiger partial charge in [0.1, 0.15) is 11.5 Å². The number of aryl methyl sites for hydroxylation is 2. The highest BCUT2D eigenvalue weighted by molar-refractivity contribution is 5.53. The first-order valence-corrected chi connectivity index (χ1v) is 7.03. The predicted octanol–water partition coefficient (Wildman–Crippen LogP) is 3.04. The van der Waals surface area contributed by atoms with Crippen molar-refractivity contribution in [3.8, 4) is 0 Å². The van der Waals surface area contributed by atoms with Gasteiger partial charge in [0.25, 0.3) is 0 Å². The fourth-order valence-electron chi connectivity index (χ4n) is 2.21. The molecule has 0 unspecified atom stereocenters. The fourth-order valence-corrected chi connectivity index (χ4v) is 2.21. The van der Waals surface area contributed by atoms with Gasteiger partial charge in [0.15, 0.2) is 0 Å². The van der Waals surface area contributed by atoms with Crippen LogP contribution < -0.4 is 10.2 Å². The van der Waals surface area contributed by atoms with Crippen LogP contribution in [0.2, 0.25) is 0 Å². The van der Waals surface area contributed by atoms with Crippen LogP contribution in [0.4, 0.5) is 5.69 Å². The predicted molar refractivity (Wildman–Crippen MR) is 81.9 cm³/mol. The van der Waals surface area contributed by atoms with Gasteiger partial charge < -0.3 is 14.6 Å². The van der Waals surface area contributed by atoms with Gasteiger partial charge in [-0.1, -0.05) is 6.92 Å². The number of pyridine rings is 1. The Bertz CT molecular complexity index is 563. The van der Waals surface area contributed by atoms with Crippen LogP contribution in [0.1, 0.15) is 29.7 Å². The highest BCUT2D eigenvalue weighted by atomic mass is 16.3. The summed E-state index contributed by atoms with van der Waals surface area (Å²) < 4.78 is 5.65. The molecule has 0 aliphatic rings. The van der Waals surface area contributed by atoms with Crippen LogP contribution >= 0.6 is 0 Å². The molecule has 1 N–H and O–H groups in total. The SMILES string of the molecule is CCNCc1cnc(C)cc1N(C)Cc1ccc(C)o1. The lowest BCUT2D eigenvalue weighted by Crippen LogP contribution is -2.21. The number of rotatable bonds is 6. The zero-order chi connectivity index (χ0) is 14.5. The molecule has 0 fully saturated rings. The molecule has 20 heavy (non-hydrogen) atoms. The standard InChI is InChI=1S/C16H23N3O/c1-5-17-9-14-10-18-12(2)8-16(14)19(4)11-15-7-6-13(3)20-15/h6-8,10,17H,5,9,11H2,1-4H3. The molecule has 0 aliphatic carbocycles. The smallest absolute Gasteiger partial charge is 0.123 e. The molecule has 0 radical (unpaired) electrons. The van der Waals surface area contributed by atoms with Crippen LogP contribution in [-0.4, -0.2) is 18.6 Å². The first-order chi connectivity index (χ1) is 9.60. The number of hydrogen-bond donors (Lipinski definition) is 1. The summed E-state index contributed by atoms with van der Waals surface area (Å²) in [5.74, 6) is 1.93. The van der Waals surface area contributed by atoms with Gasteiger partial charge in [0.05, 0.1) is 6.54 Å². The van der Waals surface area contributed by atoms with E-state index in [1.165, 1.54) is 11.3 Å². The largest absolute Gasteiger partial charge is 0.464 e. The van der Waals surface area contributed by atoms with Gasteiger partial charge in [-0.3, -0.25) is 4.98 Å². The van der Waals surface area contributed by atoms with E-state index in [2.05, 4.69) is 35.2 Å². The molecular weight excluding hydrogens is 250 g/mol. The summed E-state index contributed by atoms with van der Waals surface area (Å²) in [5, 5.41) is 3.36. The molecule has 0 spiro atoms. The molecule has 4 nitrogen and oxygen atoms in total. The first-order valence-electron chi connectivity index (χ1n) is 7.03. The molecule has 0 aliphatic heterocycles. The Morgan fingerprint density at radius 2 is 2.10 bits per heavy atom. The van der Waals surface area contributed by atoms with E-state index in [4.69, 9.17) is 4.42 Å². The Morgan fingerprint density at radius 1 is 1.30 bits per heavy atom. The summed E-state index contributed by atoms with van der Waals surface area (Å²) in [4.78, 5) is 6.60. The van der Waals surface area contributed by atoms with E-state index >= 15 is 0 Å². The Hall–Kier alpha value is -1.81. The minimum Gasteiger partial charge on any atom is -0.464 e. The highest BCUT2D eigenvalue weighted by Gasteiger charge is 2.10. The number of furan rings is 1. The van der Waals surface area contributed by atoms with Crippen molar-refractivity contribution in [1.29, 1.82) is 0 Å². The average molecular weight is 273 g/mol. The van der Waals surface area contributed by atoms with Crippen molar-refractivity contribution in [3.63, 3.8) is 0 Å². The van der Waals surface area contributed by atoms with Crippen molar-refractivity contribution in [2.24, 2.45) is 0 Å². The van der Waals surface area contributed by atoms with Crippen LogP contribution in [0.5, 0.6) is 0 Å². The molecule has 0 saturated carbocycles. The number of aromatic nitrogens is 1. The van der Waals surface area contributed by atoms with Crippen molar-refractivity contribution < 1.29 is 4.42 Å². The van der Waals surface area contributed by atoms with Gasteiger partial charge in [0.2, 0.25) is 0 Å². The van der Waals surface area contributed by atoms with Gasteiger partial charge >= 0.3 is 0 Å². The fraction of sp³-hybridized carbons (Fsp3) is 0.438. The lowest BCUT2D eigenvalue weighted by atomic mass is 10.2. The quantitative estimate of drug-likeness (QED) is 0.878. The van der Waals surface area contributed by atoms with Crippen LogP contribution in [0.3, 0.4) is 0 Å². The van der Waals surface area contributed by atoms with Gasteiger partial charge in [-0.25, -0.2) is 0 Å². The van der Waals surface area contributed by atoms with Crippen LogP contribution in [-0.2, 0) is 13.1 Å². The molecular formula is C16H23N3O. The Labute approximate surface area is 120 Å². The lowest BCUT2D eigenvalue weighted by Gasteiger charge is -2.22. The van der Waals surface area contributed by atoms with Crippen LogP contribution in [0.15, 0.2) is 28.8 Å². The number of nitrogens with zero attached hydrogens (tertiary/aromatic N) is 2. The van der Waals surface area contributed by atoms with E-state index in [1.807, 2.05) is 32.2 Å². The summed E-state index contributed by atoms with van der Waals surface area (Å²) >= 11 is 0. The second-order valence-electron chi connectivity index (χ2n) is 5.10. The molecule has 2 heterocycles. The van der Waals surface area contributed by atoms with E-state index in [9.17, 15) is 0 Å². The molecule has 0 atom stereocenters. The summed E-state index contributed by atoms with van der Waals surface area (Å²) in [5.41, 5.74) is 3.44. The van der Waals surface area contributed by atoms with E-state index < -0.39 is 0 Å². The Kier molecular flexibility index (Phi) is 4.79. The maximum Gasteiger partial charge on any atom is 0.123 e. The van der Waals surface area contributed by atoms with Crippen molar-refractivity contribution in [3.05, 3.63) is 47.2 Å². The molecule has 0 saturated heterocycles. The zero-order valence-corrected chi connectivity index (χ0v) is 12.7. The van der Waals surface area contributed by atoms with E-state index in [1.54, 1.807) is 0 Å². The third kappa shape index (κ3) is 3.61. The molecule has 2 aromatic heterocycles. The van der Waals surface area contributed by atoms with Crippen molar-refractivity contribution in [2.45, 2.75) is 33.9 Å². The molecule has 0 bridgehead atoms. The zero-order valence-electron chi connectivity index (χ0n) is 12.7. The Morgan fingerprint density at radius 3 is 2.75 bits per heavy atom. The molecule has 2 rings (SSSR count). The highest BCUT2D eigenvalue weighted by Crippen LogP contribution is 2.22. The topological polar surface area (TPSA) is 41.3 Å². The minimum atomic E-state index is 0.760. The molecule has 4 heteroatoms. The van der Waals surface area contributed by atoms with Gasteiger partial charge in [0, 0.05) is 36.7 Å². The van der Waals surface area contributed by atoms with Crippen LogP contribution in [0.25, 0.3) is 0 Å². The minimum absolute atomic E-state index is 0.760. The second kappa shape index (κ2) is 6.57. The maximum atomic E-state index is 5.65. The number of hydrogen-bond acceptors (Lipinski definition) is 4. The summed E-state index contributed by atoms with van der Waals surface area (Å²) in [6.45, 7) is 8.64. The van der Waals surface area contributed by atoms with Gasteiger partial charge in [-0.05, 0) is 38.6 Å². The van der Waals surface area contributed by atoms with E-state index in [-0.39, 0.29) is 0 Å². The second-order valence-corrected chi connectivity index (χ2v) is 5.10. The Balaban J connectivity index is 2.18. The van der Waals surface area contributed by atoms with Gasteiger partial charge in [-0.15, -0.1) is 0 Å². The van der Waals surface area contributed by atoms with E-state index in [0.29, 0.717) is 0 Å². The lowest BCUT2D eigenvalue weighted by molar-refractivity contribution is 0.481. The normalized spacial score (nSPS) is 10.8. The summed E-state index contributed by atoms with van der Waals surface area (Å²) in [6.07, 6.45) is 1.96. The van der Waals surface area contributed by atoms with Gasteiger partial charge in [-0.2, -0.15) is 0 Å². The number of nitrogens with one attached hydrogen (secondary N) is 1. The molecule has 108 valence electrons. The maximum absolute atomic E-state index is 5.65. The van der Waals surface area contributed by atoms with Crippen molar-refractivity contribution >= 4 is 5.69 Å². The first kappa shape index (κ1) is 14.6. The molecule has 2 aromatic rings. The molecule has 0 amide bonds. The average Bonchev–Trinajstić information content (AvgIpc) is 2.82. The van der Waals surface area contributed by atoms with Crippen LogP contribution in [0, 0.1) is 13.8 Å². The third-order valence-electron chi connectivity index (χ3n) is 3.26. The summed E-state index contributed by atoms with van der Waals surface area (Å²) in [6, 6.07) is 6.16. The summed E-state index contributed by atoms with van der Waals surface area (Å²) in [7, 11) is 2.09.